The van der Waals surface area contributed by atoms with Crippen LogP contribution in [0.2, 0.25) is 5.02 Å². The molecule has 0 spiro atoms. The number of hydrogen-bond acceptors (Lipinski definition) is 6. The summed E-state index contributed by atoms with van der Waals surface area (Å²) in [6.45, 7) is 0.595. The Kier molecular flexibility index (Phi) is 6.67. The highest BCUT2D eigenvalue weighted by atomic mass is 35.5. The number of nitrogens with zero attached hydrogens (tertiary/aromatic N) is 4. The number of carbonyl (C=O) groups excluding carboxylic acids is 1. The molecule has 0 atom stereocenters. The molecule has 9 heteroatoms. The fourth-order valence-electron chi connectivity index (χ4n) is 2.93. The third kappa shape index (κ3) is 5.14. The monoisotopic (exact) mass is 465 g/mol. The van der Waals surface area contributed by atoms with Crippen molar-refractivity contribution < 1.29 is 4.79 Å². The van der Waals surface area contributed by atoms with E-state index in [0.717, 1.165) is 16.3 Å². The zero-order valence-electron chi connectivity index (χ0n) is 16.2. The number of aromatic nitrogens is 3. The fraction of sp³-hybridized carbons (Fsp3) is 0.0909. The van der Waals surface area contributed by atoms with E-state index in [2.05, 4.69) is 21.6 Å². The van der Waals surface area contributed by atoms with E-state index in [1.165, 1.54) is 11.8 Å². The van der Waals surface area contributed by atoms with Crippen LogP contribution in [0.15, 0.2) is 71.2 Å². The number of anilines is 1. The van der Waals surface area contributed by atoms with E-state index in [4.69, 9.17) is 11.6 Å². The number of thiophene rings is 1. The summed E-state index contributed by atoms with van der Waals surface area (Å²) >= 11 is 8.88. The molecule has 2 heterocycles. The van der Waals surface area contributed by atoms with Crippen molar-refractivity contribution in [2.24, 2.45) is 0 Å². The van der Waals surface area contributed by atoms with E-state index < -0.39 is 0 Å². The second-order valence-electron chi connectivity index (χ2n) is 6.49. The first kappa shape index (κ1) is 21.1. The maximum absolute atomic E-state index is 12.5. The molecule has 0 saturated carbocycles. The average Bonchev–Trinajstić information content (AvgIpc) is 3.43. The summed E-state index contributed by atoms with van der Waals surface area (Å²) in [4.78, 5) is 13.5. The minimum absolute atomic E-state index is 0.120. The van der Waals surface area contributed by atoms with Crippen LogP contribution in [0.4, 0.5) is 5.69 Å². The molecule has 0 aliphatic rings. The quantitative estimate of drug-likeness (QED) is 0.374. The molecule has 4 rings (SSSR count). The first-order valence-electron chi connectivity index (χ1n) is 9.27. The Bertz CT molecular complexity index is 1230. The van der Waals surface area contributed by atoms with Gasteiger partial charge in [0, 0.05) is 5.02 Å². The summed E-state index contributed by atoms with van der Waals surface area (Å²) in [5.74, 6) is 0.633. The molecule has 0 fully saturated rings. The number of benzene rings is 2. The number of rotatable bonds is 7. The highest BCUT2D eigenvalue weighted by Gasteiger charge is 2.17. The van der Waals surface area contributed by atoms with E-state index in [0.29, 0.717) is 28.0 Å². The molecule has 1 N–H and O–H groups in total. The lowest BCUT2D eigenvalue weighted by Gasteiger charge is -2.10. The average molecular weight is 466 g/mol. The molecule has 0 radical (unpaired) electrons. The number of thioether (sulfide) groups is 1. The topological polar surface area (TPSA) is 83.6 Å². The van der Waals surface area contributed by atoms with Crippen LogP contribution in [-0.4, -0.2) is 26.4 Å². The van der Waals surface area contributed by atoms with E-state index in [-0.39, 0.29) is 11.7 Å². The van der Waals surface area contributed by atoms with Crippen molar-refractivity contribution in [2.75, 3.05) is 11.1 Å². The first-order chi connectivity index (χ1) is 15.1. The van der Waals surface area contributed by atoms with E-state index in [9.17, 15) is 10.1 Å². The van der Waals surface area contributed by atoms with Gasteiger partial charge in [-0.05, 0) is 35.2 Å². The molecule has 0 aliphatic carbocycles. The van der Waals surface area contributed by atoms with Crippen molar-refractivity contribution in [3.63, 3.8) is 0 Å². The van der Waals surface area contributed by atoms with Gasteiger partial charge in [-0.25, -0.2) is 0 Å². The largest absolute Gasteiger partial charge is 0.324 e. The number of nitriles is 1. The summed E-state index contributed by atoms with van der Waals surface area (Å²) in [6.07, 6.45) is 0. The lowest BCUT2D eigenvalue weighted by molar-refractivity contribution is -0.113. The van der Waals surface area contributed by atoms with E-state index in [1.807, 2.05) is 52.4 Å². The minimum Gasteiger partial charge on any atom is -0.324 e. The summed E-state index contributed by atoms with van der Waals surface area (Å²) in [6, 6.07) is 20.8. The molecule has 1 amide bonds. The van der Waals surface area contributed by atoms with Crippen LogP contribution >= 0.6 is 34.7 Å². The Hall–Kier alpha value is -3.12. The first-order valence-corrected chi connectivity index (χ1v) is 11.5. The molecule has 2 aromatic carbocycles. The standard InChI is InChI=1S/C22H16ClN5OS2/c23-17-9-8-16(12-24)18(11-17)25-20(29)14-31-22-27-26-21(19-7-4-10-30-19)28(22)13-15-5-2-1-3-6-15/h1-11H,13-14H2,(H,25,29). The van der Waals surface area contributed by atoms with Gasteiger partial charge in [0.25, 0.3) is 0 Å². The van der Waals surface area contributed by atoms with Gasteiger partial charge in [0.15, 0.2) is 11.0 Å². The van der Waals surface area contributed by atoms with Crippen LogP contribution in [-0.2, 0) is 11.3 Å². The highest BCUT2D eigenvalue weighted by Crippen LogP contribution is 2.28. The van der Waals surface area contributed by atoms with Crippen molar-refractivity contribution in [2.45, 2.75) is 11.7 Å². The number of hydrogen-bond donors (Lipinski definition) is 1. The van der Waals surface area contributed by atoms with Gasteiger partial charge in [0.1, 0.15) is 6.07 Å². The molecule has 0 bridgehead atoms. The number of halogens is 1. The molecule has 0 unspecified atom stereocenters. The molecule has 0 aliphatic heterocycles. The second-order valence-corrected chi connectivity index (χ2v) is 8.82. The molecule has 6 nitrogen and oxygen atoms in total. The molecule has 2 aromatic heterocycles. The van der Waals surface area contributed by atoms with Gasteiger partial charge in [-0.2, -0.15) is 5.26 Å². The third-order valence-corrected chi connectivity index (χ3v) is 6.42. The number of carbonyl (C=O) groups is 1. The van der Waals surface area contributed by atoms with Gasteiger partial charge in [-0.1, -0.05) is 59.8 Å². The Morgan fingerprint density at radius 3 is 2.74 bits per heavy atom. The minimum atomic E-state index is -0.254. The molecule has 154 valence electrons. The second kappa shape index (κ2) is 9.79. The lowest BCUT2D eigenvalue weighted by atomic mass is 10.2. The summed E-state index contributed by atoms with van der Waals surface area (Å²) in [5.41, 5.74) is 1.87. The lowest BCUT2D eigenvalue weighted by Crippen LogP contribution is -2.15. The van der Waals surface area contributed by atoms with Crippen molar-refractivity contribution >= 4 is 46.3 Å². The Morgan fingerprint density at radius 2 is 2.00 bits per heavy atom. The summed E-state index contributed by atoms with van der Waals surface area (Å²) < 4.78 is 2.01. The maximum atomic E-state index is 12.5. The van der Waals surface area contributed by atoms with Gasteiger partial charge in [0.2, 0.25) is 5.91 Å². The predicted molar refractivity (Wildman–Crippen MR) is 124 cm³/mol. The summed E-state index contributed by atoms with van der Waals surface area (Å²) in [7, 11) is 0. The zero-order chi connectivity index (χ0) is 21.6. The SMILES string of the molecule is N#Cc1ccc(Cl)cc1NC(=O)CSc1nnc(-c2cccs2)n1Cc1ccccc1. The van der Waals surface area contributed by atoms with Crippen LogP contribution in [0.25, 0.3) is 10.7 Å². The molecule has 4 aromatic rings. The highest BCUT2D eigenvalue weighted by molar-refractivity contribution is 7.99. The van der Waals surface area contributed by atoms with Crippen molar-refractivity contribution in [1.82, 2.24) is 14.8 Å². The Morgan fingerprint density at radius 1 is 1.16 bits per heavy atom. The molecule has 31 heavy (non-hydrogen) atoms. The molecular weight excluding hydrogens is 450 g/mol. The van der Waals surface area contributed by atoms with Crippen LogP contribution < -0.4 is 5.32 Å². The van der Waals surface area contributed by atoms with Gasteiger partial charge in [-0.15, -0.1) is 21.5 Å². The zero-order valence-corrected chi connectivity index (χ0v) is 18.5. The van der Waals surface area contributed by atoms with Crippen LogP contribution in [0.3, 0.4) is 0 Å². The van der Waals surface area contributed by atoms with Crippen molar-refractivity contribution in [1.29, 1.82) is 5.26 Å². The molecular formula is C22H16ClN5OS2. The molecule has 0 saturated heterocycles. The fourth-order valence-corrected chi connectivity index (χ4v) is 4.55. The summed E-state index contributed by atoms with van der Waals surface area (Å²) in [5, 5.41) is 23.8. The van der Waals surface area contributed by atoms with Crippen LogP contribution in [0.1, 0.15) is 11.1 Å². The third-order valence-electron chi connectivity index (χ3n) is 4.35. The van der Waals surface area contributed by atoms with Crippen molar-refractivity contribution in [3.05, 3.63) is 82.2 Å². The Labute approximate surface area is 192 Å². The normalized spacial score (nSPS) is 10.6. The van der Waals surface area contributed by atoms with Crippen LogP contribution in [0.5, 0.6) is 0 Å². The van der Waals surface area contributed by atoms with E-state index >= 15 is 0 Å². The number of nitrogens with one attached hydrogen (secondary N) is 1. The number of amides is 1. The predicted octanol–water partition coefficient (Wildman–Crippen LogP) is 5.31. The van der Waals surface area contributed by atoms with E-state index in [1.54, 1.807) is 29.5 Å². The van der Waals surface area contributed by atoms with Crippen LogP contribution in [0, 0.1) is 11.3 Å². The van der Waals surface area contributed by atoms with Gasteiger partial charge < -0.3 is 5.32 Å². The smallest absolute Gasteiger partial charge is 0.234 e. The Balaban J connectivity index is 1.53. The maximum Gasteiger partial charge on any atom is 0.234 e. The van der Waals surface area contributed by atoms with Crippen molar-refractivity contribution in [3.8, 4) is 16.8 Å². The van der Waals surface area contributed by atoms with Gasteiger partial charge in [0.05, 0.1) is 28.4 Å². The van der Waals surface area contributed by atoms with Gasteiger partial charge >= 0.3 is 0 Å². The van der Waals surface area contributed by atoms with Gasteiger partial charge in [-0.3, -0.25) is 9.36 Å².